The highest BCUT2D eigenvalue weighted by Crippen LogP contribution is 2.47. The average Bonchev–Trinajstić information content (AvgIpc) is 3.50. The number of anilines is 1. The molecule has 2 aliphatic heterocycles. The predicted octanol–water partition coefficient (Wildman–Crippen LogP) is 3.72. The molecule has 0 bridgehead atoms. The van der Waals surface area contributed by atoms with Gasteiger partial charge in [0.05, 0.1) is 19.2 Å². The number of aromatic nitrogens is 2. The van der Waals surface area contributed by atoms with Gasteiger partial charge in [0, 0.05) is 42.4 Å². The van der Waals surface area contributed by atoms with Crippen molar-refractivity contribution in [3.8, 4) is 5.75 Å². The Morgan fingerprint density at radius 2 is 1.81 bits per heavy atom. The molecule has 10 heteroatoms. The molecule has 0 unspecified atom stereocenters. The van der Waals surface area contributed by atoms with Crippen LogP contribution in [0.25, 0.3) is 11.0 Å². The lowest BCUT2D eigenvalue weighted by atomic mass is 9.87. The summed E-state index contributed by atoms with van der Waals surface area (Å²) in [4.78, 5) is 38.4. The summed E-state index contributed by atoms with van der Waals surface area (Å²) >= 11 is 0. The second-order valence-corrected chi connectivity index (χ2v) is 9.35. The highest BCUT2D eigenvalue weighted by molar-refractivity contribution is 6.07. The molecule has 4 aromatic rings. The van der Waals surface area contributed by atoms with Crippen molar-refractivity contribution < 1.29 is 23.1 Å². The Morgan fingerprint density at radius 1 is 1.05 bits per heavy atom. The van der Waals surface area contributed by atoms with Crippen molar-refractivity contribution >= 4 is 28.7 Å². The van der Waals surface area contributed by atoms with Crippen LogP contribution in [0.3, 0.4) is 0 Å². The summed E-state index contributed by atoms with van der Waals surface area (Å²) in [5, 5.41) is 0. The van der Waals surface area contributed by atoms with Gasteiger partial charge in [0.1, 0.15) is 34.3 Å². The molecule has 1 spiro atoms. The number of halogens is 2. The van der Waals surface area contributed by atoms with Gasteiger partial charge < -0.3 is 25.3 Å². The van der Waals surface area contributed by atoms with Crippen molar-refractivity contribution in [3.63, 3.8) is 0 Å². The Kier molecular flexibility index (Phi) is 5.15. The number of amides is 2. The van der Waals surface area contributed by atoms with Gasteiger partial charge in [-0.25, -0.2) is 13.8 Å². The monoisotopic (exact) mass is 503 g/mol. The molecule has 2 amide bonds. The molecular formula is C27H23F2N5O3. The van der Waals surface area contributed by atoms with Crippen LogP contribution in [0.5, 0.6) is 5.75 Å². The van der Waals surface area contributed by atoms with Gasteiger partial charge in [0.2, 0.25) is 0 Å². The molecule has 188 valence electrons. The van der Waals surface area contributed by atoms with Crippen LogP contribution in [-0.2, 0) is 23.4 Å². The van der Waals surface area contributed by atoms with Crippen LogP contribution in [0.1, 0.15) is 33.6 Å². The first-order chi connectivity index (χ1) is 17.8. The Morgan fingerprint density at radius 3 is 2.57 bits per heavy atom. The van der Waals surface area contributed by atoms with Crippen LogP contribution >= 0.6 is 0 Å². The number of H-pyrrole nitrogens is 1. The second kappa shape index (κ2) is 8.29. The largest absolute Gasteiger partial charge is 0.494 e. The number of methoxy groups -OCH3 is 1. The maximum Gasteiger partial charge on any atom is 0.255 e. The number of benzene rings is 2. The third-order valence-electron chi connectivity index (χ3n) is 7.21. The molecule has 1 atom stereocenters. The minimum Gasteiger partial charge on any atom is -0.494 e. The summed E-state index contributed by atoms with van der Waals surface area (Å²) in [5.41, 5.74) is 7.84. The number of rotatable bonds is 5. The minimum atomic E-state index is -1.28. The Hall–Kier alpha value is -4.47. The normalized spacial score (nSPS) is 18.9. The van der Waals surface area contributed by atoms with E-state index in [1.54, 1.807) is 29.2 Å². The first-order valence-electron chi connectivity index (χ1n) is 11.8. The number of pyridine rings is 1. The Bertz CT molecular complexity index is 1570. The van der Waals surface area contributed by atoms with E-state index >= 15 is 0 Å². The number of ether oxygens (including phenoxy) is 1. The number of carbonyl (C=O) groups is 2. The zero-order valence-electron chi connectivity index (χ0n) is 19.9. The maximum absolute atomic E-state index is 14.2. The average molecular weight is 504 g/mol. The van der Waals surface area contributed by atoms with Gasteiger partial charge in [-0.15, -0.1) is 0 Å². The summed E-state index contributed by atoms with van der Waals surface area (Å²) in [6.45, 7) is 0.715. The molecule has 0 saturated carbocycles. The van der Waals surface area contributed by atoms with E-state index < -0.39 is 17.3 Å². The molecule has 1 saturated heterocycles. The smallest absolute Gasteiger partial charge is 0.255 e. The number of hydrogen-bond acceptors (Lipinski definition) is 5. The number of fused-ring (bicyclic) bond motifs is 3. The first-order valence-corrected chi connectivity index (χ1v) is 11.8. The van der Waals surface area contributed by atoms with Gasteiger partial charge in [0.15, 0.2) is 0 Å². The zero-order valence-corrected chi connectivity index (χ0v) is 19.9. The molecule has 1 fully saturated rings. The van der Waals surface area contributed by atoms with Crippen LogP contribution < -0.4 is 10.5 Å². The highest BCUT2D eigenvalue weighted by Gasteiger charge is 2.59. The van der Waals surface area contributed by atoms with E-state index in [1.807, 2.05) is 0 Å². The summed E-state index contributed by atoms with van der Waals surface area (Å²) in [5.74, 6) is -0.801. The van der Waals surface area contributed by atoms with Crippen LogP contribution in [0.2, 0.25) is 0 Å². The van der Waals surface area contributed by atoms with Crippen LogP contribution in [0, 0.1) is 11.6 Å². The van der Waals surface area contributed by atoms with E-state index in [0.29, 0.717) is 41.0 Å². The van der Waals surface area contributed by atoms with E-state index in [0.717, 1.165) is 5.56 Å². The van der Waals surface area contributed by atoms with Crippen molar-refractivity contribution in [2.45, 2.75) is 25.0 Å². The van der Waals surface area contributed by atoms with Crippen molar-refractivity contribution in [2.24, 2.45) is 0 Å². The fourth-order valence-electron chi connectivity index (χ4n) is 5.52. The van der Waals surface area contributed by atoms with E-state index in [9.17, 15) is 18.4 Å². The zero-order chi connectivity index (χ0) is 25.9. The number of likely N-dealkylation sites (tertiary alicyclic amines) is 1. The third-order valence-corrected chi connectivity index (χ3v) is 7.21. The molecule has 2 aromatic carbocycles. The summed E-state index contributed by atoms with van der Waals surface area (Å²) < 4.78 is 33.0. The second-order valence-electron chi connectivity index (χ2n) is 9.35. The van der Waals surface area contributed by atoms with Crippen molar-refractivity contribution in [3.05, 3.63) is 88.6 Å². The topological polar surface area (TPSA) is 105 Å². The molecule has 6 rings (SSSR count). The predicted molar refractivity (Wildman–Crippen MR) is 131 cm³/mol. The van der Waals surface area contributed by atoms with Crippen molar-refractivity contribution in [2.75, 3.05) is 19.4 Å². The molecule has 2 aliphatic rings. The fourth-order valence-corrected chi connectivity index (χ4v) is 5.52. The molecular weight excluding hydrogens is 480 g/mol. The fraction of sp³-hybridized carbons (Fsp3) is 0.222. The van der Waals surface area contributed by atoms with Crippen molar-refractivity contribution in [1.82, 2.24) is 19.8 Å². The summed E-state index contributed by atoms with van der Waals surface area (Å²) in [6.07, 6.45) is 0.339. The molecule has 0 aliphatic carbocycles. The quantitative estimate of drug-likeness (QED) is 0.432. The molecule has 8 nitrogen and oxygen atoms in total. The molecule has 37 heavy (non-hydrogen) atoms. The molecule has 0 radical (unpaired) electrons. The SMILES string of the molecule is COc1cc(N)nc2cc(CN3C(=O)c4cc(F)ccc4[C@]34CCN(Cc3ccc(F)cc3)C4=O)[nH]c12. The summed E-state index contributed by atoms with van der Waals surface area (Å²) in [6, 6.07) is 13.3. The van der Waals surface area contributed by atoms with Gasteiger partial charge in [-0.3, -0.25) is 9.59 Å². The van der Waals surface area contributed by atoms with Crippen LogP contribution in [-0.4, -0.2) is 45.2 Å². The van der Waals surface area contributed by atoms with E-state index in [2.05, 4.69) is 9.97 Å². The standard InChI is InChI=1S/C27H23F2N5O3/c1-37-22-12-23(30)32-21-11-18(31-24(21)22)14-34-25(35)19-10-17(29)6-7-20(19)27(34)8-9-33(26(27)36)13-15-2-4-16(28)5-3-15/h2-7,10-12,31H,8-9,13-14H2,1H3,(H2,30,32)/t27-/m0/s1. The molecule has 4 heterocycles. The number of nitrogens with zero attached hydrogens (tertiary/aromatic N) is 3. The number of nitrogen functional groups attached to an aromatic ring is 1. The van der Waals surface area contributed by atoms with Crippen molar-refractivity contribution in [1.29, 1.82) is 0 Å². The number of aromatic amines is 1. The van der Waals surface area contributed by atoms with Crippen LogP contribution in [0.15, 0.2) is 54.6 Å². The third kappa shape index (κ3) is 3.51. The number of nitrogens with two attached hydrogens (primary N) is 1. The van der Waals surface area contributed by atoms with E-state index in [1.165, 1.54) is 42.3 Å². The van der Waals surface area contributed by atoms with Crippen LogP contribution in [0.4, 0.5) is 14.6 Å². The van der Waals surface area contributed by atoms with E-state index in [-0.39, 0.29) is 36.2 Å². The van der Waals surface area contributed by atoms with Gasteiger partial charge in [-0.1, -0.05) is 18.2 Å². The highest BCUT2D eigenvalue weighted by atomic mass is 19.1. The lowest BCUT2D eigenvalue weighted by Gasteiger charge is -2.34. The molecule has 3 N–H and O–H groups in total. The number of hydrogen-bond donors (Lipinski definition) is 2. The summed E-state index contributed by atoms with van der Waals surface area (Å²) in [7, 11) is 1.52. The van der Waals surface area contributed by atoms with E-state index in [4.69, 9.17) is 10.5 Å². The van der Waals surface area contributed by atoms with Gasteiger partial charge >= 0.3 is 0 Å². The lowest BCUT2D eigenvalue weighted by Crippen LogP contribution is -2.49. The Balaban J connectivity index is 1.40. The lowest BCUT2D eigenvalue weighted by molar-refractivity contribution is -0.137. The van der Waals surface area contributed by atoms with Gasteiger partial charge in [0.25, 0.3) is 11.8 Å². The molecule has 2 aromatic heterocycles. The van der Waals surface area contributed by atoms with Gasteiger partial charge in [-0.2, -0.15) is 0 Å². The number of nitrogens with one attached hydrogen (secondary N) is 1. The van der Waals surface area contributed by atoms with Gasteiger partial charge in [-0.05, 0) is 35.9 Å². The number of carbonyl (C=O) groups excluding carboxylic acids is 2. The maximum atomic E-state index is 14.2. The first kappa shape index (κ1) is 23.0. The Labute approximate surface area is 210 Å². The minimum absolute atomic E-state index is 0.0602.